The van der Waals surface area contributed by atoms with Gasteiger partial charge in [0, 0.05) is 29.4 Å². The first kappa shape index (κ1) is 34.1. The molecule has 0 saturated heterocycles. The highest BCUT2D eigenvalue weighted by Crippen LogP contribution is 2.87. The van der Waals surface area contributed by atoms with Crippen molar-refractivity contribution < 1.29 is 0 Å². The summed E-state index contributed by atoms with van der Waals surface area (Å²) in [5.41, 5.74) is 2.61. The molecule has 7 aromatic carbocycles. The summed E-state index contributed by atoms with van der Waals surface area (Å²) in [6.45, 7) is -5.01. The van der Waals surface area contributed by atoms with Crippen LogP contribution in [-0.4, -0.2) is 10.1 Å². The van der Waals surface area contributed by atoms with Crippen molar-refractivity contribution in [3.63, 3.8) is 0 Å². The van der Waals surface area contributed by atoms with Crippen LogP contribution in [0.2, 0.25) is 0 Å². The van der Waals surface area contributed by atoms with Gasteiger partial charge in [0.2, 0.25) is 4.67 Å². The zero-order valence-corrected chi connectivity index (χ0v) is 34.5. The number of hydrogen-bond acceptors (Lipinski definition) is 0. The minimum atomic E-state index is -2.51. The Kier molecular flexibility index (Phi) is 9.69. The van der Waals surface area contributed by atoms with Gasteiger partial charge in [0.05, 0.1) is 0 Å². The van der Waals surface area contributed by atoms with E-state index in [1.54, 1.807) is 0 Å². The highest BCUT2D eigenvalue weighted by atomic mass is 79.9. The van der Waals surface area contributed by atoms with Crippen molar-refractivity contribution >= 4 is 107 Å². The van der Waals surface area contributed by atoms with Crippen LogP contribution < -0.4 is 31.8 Å². The third kappa shape index (κ3) is 5.49. The molecule has 1 heterocycles. The van der Waals surface area contributed by atoms with E-state index in [0.717, 1.165) is 4.47 Å². The van der Waals surface area contributed by atoms with Gasteiger partial charge >= 0.3 is 0 Å². The molecule has 0 nitrogen and oxygen atoms in total. The van der Waals surface area contributed by atoms with Gasteiger partial charge in [-0.05, 0) is 50.0 Å². The monoisotopic (exact) mass is 891 g/mol. The van der Waals surface area contributed by atoms with Gasteiger partial charge in [0.25, 0.3) is 0 Å². The van der Waals surface area contributed by atoms with Crippen LogP contribution in [0.25, 0.3) is 0 Å². The van der Waals surface area contributed by atoms with Gasteiger partial charge in [-0.1, -0.05) is 198 Å². The average Bonchev–Trinajstić information content (AvgIpc) is 3.41. The van der Waals surface area contributed by atoms with Crippen molar-refractivity contribution in [1.29, 1.82) is 0 Å². The Morgan fingerprint density at radius 3 is 0.860 bits per heavy atom. The SMILES string of the molecule is Brc1ccc2c(c1)C(=P(c1ccccc1)(c1ccccc1)c1ccccc1)[P+](Br)(Br)C2=P(c1ccccc1)(c1ccccc1)c1ccccc1. The molecular weight excluding hydrogens is 861 g/mol. The fourth-order valence-electron chi connectivity index (χ4n) is 7.58. The number of rotatable bonds is 6. The first-order valence-electron chi connectivity index (χ1n) is 16.5. The van der Waals surface area contributed by atoms with Crippen molar-refractivity contribution in [3.05, 3.63) is 216 Å². The lowest BCUT2D eigenvalue weighted by atomic mass is 10.1. The summed E-state index contributed by atoms with van der Waals surface area (Å²) in [4.78, 5) is 0. The van der Waals surface area contributed by atoms with E-state index in [4.69, 9.17) is 31.0 Å². The maximum Gasteiger partial charge on any atom is 0.220 e. The topological polar surface area (TPSA) is 0 Å². The first-order valence-corrected chi connectivity index (χ1v) is 26.7. The zero-order valence-electron chi connectivity index (χ0n) is 27.0. The smallest absolute Gasteiger partial charge is 0.0622 e. The molecule has 6 heteroatoms. The Balaban J connectivity index is 1.73. The van der Waals surface area contributed by atoms with Crippen LogP contribution in [0.1, 0.15) is 11.1 Å². The Morgan fingerprint density at radius 2 is 0.580 bits per heavy atom. The molecule has 0 radical (unpaired) electrons. The summed E-state index contributed by atoms with van der Waals surface area (Å²) in [5.74, 6) is 0. The van der Waals surface area contributed by atoms with Crippen LogP contribution in [0.4, 0.5) is 0 Å². The number of halogens is 3. The van der Waals surface area contributed by atoms with Gasteiger partial charge in [0.15, 0.2) is 31.0 Å². The van der Waals surface area contributed by atoms with E-state index in [1.165, 1.54) is 53.0 Å². The highest BCUT2D eigenvalue weighted by Gasteiger charge is 2.60. The number of benzene rings is 7. The van der Waals surface area contributed by atoms with Gasteiger partial charge in [-0.25, -0.2) is 0 Å². The maximum atomic E-state index is 4.73. The Morgan fingerprint density at radius 1 is 0.320 bits per heavy atom. The second-order valence-corrected chi connectivity index (χ2v) is 31.7. The second kappa shape index (κ2) is 14.2. The molecule has 0 N–H and O–H groups in total. The molecule has 7 aromatic rings. The average molecular weight is 894 g/mol. The predicted octanol–water partition coefficient (Wildman–Crippen LogP) is 11.0. The summed E-state index contributed by atoms with van der Waals surface area (Å²) < 4.78 is -1.44. The molecule has 0 aromatic heterocycles. The van der Waals surface area contributed by atoms with Gasteiger partial charge < -0.3 is 0 Å². The second-order valence-electron chi connectivity index (χ2n) is 12.2. The molecule has 50 heavy (non-hydrogen) atoms. The number of hydrogen-bond donors (Lipinski definition) is 0. The normalized spacial score (nSPS) is 14.0. The third-order valence-electron chi connectivity index (χ3n) is 9.49. The Bertz CT molecular complexity index is 2190. The van der Waals surface area contributed by atoms with E-state index in [-0.39, 0.29) is 0 Å². The Labute approximate surface area is 320 Å². The fourth-order valence-corrected chi connectivity index (χ4v) is 34.0. The van der Waals surface area contributed by atoms with E-state index in [9.17, 15) is 0 Å². The largest absolute Gasteiger partial charge is 0.220 e. The summed E-state index contributed by atoms with van der Waals surface area (Å²) in [6, 6.07) is 74.5. The van der Waals surface area contributed by atoms with Crippen molar-refractivity contribution in [2.24, 2.45) is 0 Å². The molecule has 1 aliphatic rings. The summed E-state index contributed by atoms with van der Waals surface area (Å²) in [6.07, 6.45) is 0. The lowest BCUT2D eigenvalue weighted by molar-refractivity contribution is 1.61. The highest BCUT2D eigenvalue weighted by molar-refractivity contribution is 9.77. The van der Waals surface area contributed by atoms with Gasteiger partial charge in [-0.2, -0.15) is 0 Å². The Hall–Kier alpha value is -2.99. The zero-order chi connectivity index (χ0) is 34.2. The molecule has 1 aliphatic heterocycles. The van der Waals surface area contributed by atoms with E-state index in [2.05, 4.69) is 216 Å². The summed E-state index contributed by atoms with van der Waals surface area (Å²) >= 11 is 13.4. The molecule has 0 amide bonds. The van der Waals surface area contributed by atoms with Crippen LogP contribution >= 0.6 is 65.3 Å². The molecule has 8 rings (SSSR count). The van der Waals surface area contributed by atoms with Crippen molar-refractivity contribution in [2.75, 3.05) is 0 Å². The lowest BCUT2D eigenvalue weighted by Crippen LogP contribution is -2.31. The third-order valence-corrected chi connectivity index (χ3v) is 30.9. The molecule has 0 saturated carbocycles. The standard InChI is InChI=1S/C44H33Br3P3/c45-34-31-32-41-42(33-34)44(49(38-25-13-4-14-26-38,39-27-15-5-16-28-39)40-29-17-6-18-30-40)50(46,47)43(41)48(35-19-7-1-8-20-35,36-21-9-2-10-22-36)37-23-11-3-12-24-37/h1-33H/q+1. The molecule has 0 aliphatic carbocycles. The molecule has 0 unspecified atom stereocenters. The van der Waals surface area contributed by atoms with E-state index >= 15 is 0 Å². The van der Waals surface area contributed by atoms with Gasteiger partial charge in [0.1, 0.15) is 10.1 Å². The molecule has 0 fully saturated rings. The molecule has 0 spiro atoms. The van der Waals surface area contributed by atoms with E-state index < -0.39 is 18.4 Å². The summed E-state index contributed by atoms with van der Waals surface area (Å²) in [7, 11) is 0. The lowest BCUT2D eigenvalue weighted by Gasteiger charge is -2.34. The number of fused-ring (bicyclic) bond motifs is 1. The van der Waals surface area contributed by atoms with Crippen LogP contribution in [0.15, 0.2) is 205 Å². The van der Waals surface area contributed by atoms with Crippen LogP contribution in [0, 0.1) is 0 Å². The minimum Gasteiger partial charge on any atom is -0.0622 e. The quantitative estimate of drug-likeness (QED) is 0.146. The summed E-state index contributed by atoms with van der Waals surface area (Å²) in [5, 5.41) is 10.9. The van der Waals surface area contributed by atoms with Gasteiger partial charge in [-0.3, -0.25) is 0 Å². The fraction of sp³-hybridized carbons (Fsp3) is 0. The van der Waals surface area contributed by atoms with Crippen molar-refractivity contribution in [2.45, 2.75) is 0 Å². The molecule has 0 bridgehead atoms. The van der Waals surface area contributed by atoms with Gasteiger partial charge in [-0.15, -0.1) is 0 Å². The minimum absolute atomic E-state index is 1.07. The van der Waals surface area contributed by atoms with Crippen molar-refractivity contribution in [3.8, 4) is 0 Å². The molecular formula is C44H33Br3P3+. The van der Waals surface area contributed by atoms with Crippen LogP contribution in [0.5, 0.6) is 0 Å². The maximum absolute atomic E-state index is 4.73. The van der Waals surface area contributed by atoms with E-state index in [0.29, 0.717) is 0 Å². The molecule has 244 valence electrons. The van der Waals surface area contributed by atoms with Crippen molar-refractivity contribution in [1.82, 2.24) is 0 Å². The van der Waals surface area contributed by atoms with Crippen LogP contribution in [0.3, 0.4) is 0 Å². The van der Waals surface area contributed by atoms with Crippen LogP contribution in [-0.2, 0) is 0 Å². The predicted molar refractivity (Wildman–Crippen MR) is 237 cm³/mol. The first-order chi connectivity index (χ1) is 24.5. The van der Waals surface area contributed by atoms with E-state index in [1.807, 2.05) is 0 Å². The molecule has 0 atom stereocenters.